The highest BCUT2D eigenvalue weighted by Crippen LogP contribution is 2.36. The van der Waals surface area contributed by atoms with Gasteiger partial charge in [-0.05, 0) is 60.9 Å². The van der Waals surface area contributed by atoms with Crippen LogP contribution in [0.25, 0.3) is 0 Å². The molecule has 0 aromatic heterocycles. The molecule has 1 amide bonds. The van der Waals surface area contributed by atoms with Crippen LogP contribution >= 0.6 is 23.4 Å². The summed E-state index contributed by atoms with van der Waals surface area (Å²) in [6.07, 6.45) is 0. The lowest BCUT2D eigenvalue weighted by Crippen LogP contribution is -2.27. The van der Waals surface area contributed by atoms with E-state index < -0.39 is 11.4 Å². The number of carbonyl (C=O) groups excluding carboxylic acids is 1. The molecule has 0 saturated carbocycles. The van der Waals surface area contributed by atoms with Gasteiger partial charge in [0.2, 0.25) is 5.90 Å². The maximum Gasteiger partial charge on any atom is 0.446 e. The molecule has 156 valence electrons. The summed E-state index contributed by atoms with van der Waals surface area (Å²) < 4.78 is 47.1. The lowest BCUT2D eigenvalue weighted by atomic mass is 10.2. The average molecular weight is 448 g/mol. The number of alkyl halides is 3. The van der Waals surface area contributed by atoms with Crippen molar-refractivity contribution >= 4 is 41.9 Å². The molecule has 11 heteroatoms. The summed E-state index contributed by atoms with van der Waals surface area (Å²) in [7, 11) is 1.46. The van der Waals surface area contributed by atoms with Gasteiger partial charge in [-0.15, -0.1) is 0 Å². The number of nitrogens with one attached hydrogen (secondary N) is 3. The van der Waals surface area contributed by atoms with E-state index in [1.54, 1.807) is 12.1 Å². The second-order valence-corrected chi connectivity index (χ2v) is 6.65. The summed E-state index contributed by atoms with van der Waals surface area (Å²) in [5, 5.41) is 16.1. The summed E-state index contributed by atoms with van der Waals surface area (Å²) in [6.45, 7) is 2.20. The quantitative estimate of drug-likeness (QED) is 0.252. The Hall–Kier alpha value is -2.72. The topological polar surface area (TPSA) is 95.3 Å². The van der Waals surface area contributed by atoms with Gasteiger partial charge < -0.3 is 20.2 Å². The maximum absolute atomic E-state index is 12.3. The molecule has 0 atom stereocenters. The Labute approximate surface area is 174 Å². The Kier molecular flexibility index (Phi) is 9.49. The zero-order chi connectivity index (χ0) is 22.0. The molecule has 3 N–H and O–H groups in total. The smallest absolute Gasteiger partial charge is 0.446 e. The molecule has 0 radical (unpaired) electrons. The molecule has 2 aromatic rings. The molecule has 0 aliphatic heterocycles. The van der Waals surface area contributed by atoms with Gasteiger partial charge in [-0.2, -0.15) is 13.2 Å². The fraction of sp³-hybridized carbons (Fsp3) is 0.167. The van der Waals surface area contributed by atoms with Crippen LogP contribution in [-0.4, -0.2) is 37.9 Å². The molecule has 0 spiro atoms. The molecule has 0 heterocycles. The molecule has 0 saturated heterocycles. The van der Waals surface area contributed by atoms with Gasteiger partial charge in [0.15, 0.2) is 6.73 Å². The fourth-order valence-electron chi connectivity index (χ4n) is 1.98. The molecule has 29 heavy (non-hydrogen) atoms. The summed E-state index contributed by atoms with van der Waals surface area (Å²) in [4.78, 5) is 12.0. The number of carbonyl (C=O) groups is 1. The minimum atomic E-state index is -4.39. The predicted octanol–water partition coefficient (Wildman–Crippen LogP) is 4.96. The van der Waals surface area contributed by atoms with Crippen molar-refractivity contribution in [2.75, 3.05) is 13.8 Å². The third-order valence-electron chi connectivity index (χ3n) is 3.17. The van der Waals surface area contributed by atoms with Crippen LogP contribution in [0.2, 0.25) is 5.02 Å². The Balaban J connectivity index is 0.00000204. The number of methoxy groups -OCH3 is 1. The predicted molar refractivity (Wildman–Crippen MR) is 106 cm³/mol. The van der Waals surface area contributed by atoms with Crippen LogP contribution in [0.1, 0.15) is 15.9 Å². The number of halogens is 4. The Morgan fingerprint density at radius 2 is 1.79 bits per heavy atom. The number of ether oxygens (including phenoxy) is 2. The maximum atomic E-state index is 12.3. The Morgan fingerprint density at radius 1 is 1.17 bits per heavy atom. The van der Waals surface area contributed by atoms with Gasteiger partial charge in [0.05, 0.1) is 7.11 Å². The fourth-order valence-corrected chi connectivity index (χ4v) is 2.74. The van der Waals surface area contributed by atoms with E-state index in [4.69, 9.17) is 31.9 Å². The Morgan fingerprint density at radius 3 is 2.34 bits per heavy atom. The molecular weight excluding hydrogens is 431 g/mol. The van der Waals surface area contributed by atoms with E-state index in [2.05, 4.69) is 12.0 Å². The van der Waals surface area contributed by atoms with Crippen LogP contribution in [0.3, 0.4) is 0 Å². The molecule has 0 fully saturated rings. The van der Waals surface area contributed by atoms with Gasteiger partial charge in [0.25, 0.3) is 5.91 Å². The highest BCUT2D eigenvalue weighted by atomic mass is 35.5. The number of rotatable bonds is 6. The monoisotopic (exact) mass is 447 g/mol. The highest BCUT2D eigenvalue weighted by Gasteiger charge is 2.29. The van der Waals surface area contributed by atoms with Crippen LogP contribution in [0.5, 0.6) is 5.75 Å². The van der Waals surface area contributed by atoms with Crippen molar-refractivity contribution < 1.29 is 27.4 Å². The number of benzene rings is 2. The normalized spacial score (nSPS) is 10.4. The number of thioether (sulfide) groups is 1. The molecular formula is C18H17ClF3N3O3S. The van der Waals surface area contributed by atoms with E-state index in [0.717, 1.165) is 0 Å². The van der Waals surface area contributed by atoms with Crippen molar-refractivity contribution in [3.8, 4) is 5.75 Å². The van der Waals surface area contributed by atoms with Gasteiger partial charge in [-0.1, -0.05) is 11.6 Å². The van der Waals surface area contributed by atoms with E-state index in [1.807, 2.05) is 0 Å². The van der Waals surface area contributed by atoms with Crippen LogP contribution in [0.15, 0.2) is 47.4 Å². The molecule has 2 rings (SSSR count). The first-order valence-electron chi connectivity index (χ1n) is 7.73. The largest absolute Gasteiger partial charge is 0.497 e. The molecule has 0 aliphatic carbocycles. The number of amides is 1. The standard InChI is InChI=1S/C17H14ClF3N2O3S.CH3N/c1-25-13-7-11(6-12(18)8-13)15(22)26-9-23-16(24)10-2-4-14(5-3-10)27-17(19,20)21;1-2/h2-8,22H,9H2,1H3,(H,23,24);2H,1H2. The zero-order valence-corrected chi connectivity index (χ0v) is 16.7. The van der Waals surface area contributed by atoms with Gasteiger partial charge >= 0.3 is 5.51 Å². The summed E-state index contributed by atoms with van der Waals surface area (Å²) in [5.41, 5.74) is -3.86. The van der Waals surface area contributed by atoms with Gasteiger partial charge in [-0.3, -0.25) is 10.2 Å². The van der Waals surface area contributed by atoms with E-state index in [0.29, 0.717) is 16.3 Å². The lowest BCUT2D eigenvalue weighted by Gasteiger charge is -2.11. The molecule has 0 aliphatic rings. The Bertz CT molecular complexity index is 848. The van der Waals surface area contributed by atoms with Crippen molar-refractivity contribution in [2.24, 2.45) is 0 Å². The first-order chi connectivity index (χ1) is 13.7. The van der Waals surface area contributed by atoms with Gasteiger partial charge in [0, 0.05) is 21.0 Å². The minimum absolute atomic E-state index is 0.0213. The van der Waals surface area contributed by atoms with Crippen LogP contribution in [-0.2, 0) is 4.74 Å². The van der Waals surface area contributed by atoms with Gasteiger partial charge in [0.1, 0.15) is 5.75 Å². The van der Waals surface area contributed by atoms with Crippen molar-refractivity contribution in [3.63, 3.8) is 0 Å². The molecule has 0 bridgehead atoms. The van der Waals surface area contributed by atoms with Crippen molar-refractivity contribution in [1.29, 1.82) is 10.8 Å². The second-order valence-electron chi connectivity index (χ2n) is 5.08. The molecule has 2 aromatic carbocycles. The first kappa shape index (κ1) is 24.3. The van der Waals surface area contributed by atoms with Crippen LogP contribution in [0.4, 0.5) is 13.2 Å². The van der Waals surface area contributed by atoms with E-state index >= 15 is 0 Å². The van der Waals surface area contributed by atoms with Gasteiger partial charge in [-0.25, -0.2) is 0 Å². The minimum Gasteiger partial charge on any atom is -0.497 e. The van der Waals surface area contributed by atoms with Crippen molar-refractivity contribution in [1.82, 2.24) is 5.32 Å². The van der Waals surface area contributed by atoms with Crippen molar-refractivity contribution in [3.05, 3.63) is 58.6 Å². The molecule has 6 nitrogen and oxygen atoms in total. The summed E-state index contributed by atoms with van der Waals surface area (Å²) in [5.74, 6) is -0.324. The second kappa shape index (κ2) is 11.3. The number of hydrogen-bond donors (Lipinski definition) is 3. The SMILES string of the molecule is C=N.COc1cc(Cl)cc(C(=N)OCNC(=O)c2ccc(SC(F)(F)F)cc2)c1. The summed E-state index contributed by atoms with van der Waals surface area (Å²) >= 11 is 5.66. The third kappa shape index (κ3) is 8.44. The van der Waals surface area contributed by atoms with E-state index in [1.165, 1.54) is 37.4 Å². The zero-order valence-electron chi connectivity index (χ0n) is 15.1. The number of hydrogen-bond acceptors (Lipinski definition) is 6. The molecule has 0 unspecified atom stereocenters. The summed E-state index contributed by atoms with van der Waals surface area (Å²) in [6, 6.07) is 9.58. The van der Waals surface area contributed by atoms with E-state index in [-0.39, 0.29) is 34.8 Å². The van der Waals surface area contributed by atoms with Crippen LogP contribution in [0, 0.1) is 10.8 Å². The third-order valence-corrected chi connectivity index (χ3v) is 4.13. The van der Waals surface area contributed by atoms with Crippen LogP contribution < -0.4 is 10.1 Å². The first-order valence-corrected chi connectivity index (χ1v) is 8.93. The average Bonchev–Trinajstić information content (AvgIpc) is 2.68. The van der Waals surface area contributed by atoms with Crippen molar-refractivity contribution in [2.45, 2.75) is 10.4 Å². The van der Waals surface area contributed by atoms with E-state index in [9.17, 15) is 18.0 Å². The lowest BCUT2D eigenvalue weighted by molar-refractivity contribution is -0.0328. The highest BCUT2D eigenvalue weighted by molar-refractivity contribution is 8.00.